The minimum atomic E-state index is -1.20. The number of benzene rings is 2. The van der Waals surface area contributed by atoms with Crippen molar-refractivity contribution in [2.45, 2.75) is 44.1 Å². The Morgan fingerprint density at radius 1 is 1.25 bits per heavy atom. The second-order valence-electron chi connectivity index (χ2n) is 8.82. The van der Waals surface area contributed by atoms with Crippen LogP contribution in [0.4, 0.5) is 8.78 Å². The Morgan fingerprint density at radius 3 is 2.62 bits per heavy atom. The molecule has 0 spiro atoms. The quantitative estimate of drug-likeness (QED) is 0.445. The van der Waals surface area contributed by atoms with E-state index in [-0.39, 0.29) is 11.8 Å². The molecule has 2 heterocycles. The van der Waals surface area contributed by atoms with E-state index in [2.05, 4.69) is 10.2 Å². The number of nitrogens with one attached hydrogen (secondary N) is 1. The smallest absolute Gasteiger partial charge is 0.335 e. The van der Waals surface area contributed by atoms with Gasteiger partial charge in [0.1, 0.15) is 0 Å². The van der Waals surface area contributed by atoms with Gasteiger partial charge in [-0.25, -0.2) is 13.6 Å². The van der Waals surface area contributed by atoms with E-state index in [9.17, 15) is 18.7 Å². The highest BCUT2D eigenvalue weighted by Gasteiger charge is 2.53. The molecule has 0 amide bonds. The van der Waals surface area contributed by atoms with Crippen molar-refractivity contribution in [3.63, 3.8) is 0 Å². The third-order valence-electron chi connectivity index (χ3n) is 6.65. The molecule has 0 unspecified atom stereocenters. The van der Waals surface area contributed by atoms with E-state index >= 15 is 0 Å². The number of H-pyrrole nitrogens is 1. The minimum absolute atomic E-state index is 0.0436. The van der Waals surface area contributed by atoms with Gasteiger partial charge >= 0.3 is 5.97 Å². The van der Waals surface area contributed by atoms with Crippen LogP contribution in [-0.2, 0) is 9.53 Å². The van der Waals surface area contributed by atoms with Crippen molar-refractivity contribution in [1.29, 1.82) is 0 Å². The van der Waals surface area contributed by atoms with Gasteiger partial charge in [0.25, 0.3) is 0 Å². The molecule has 1 saturated carbocycles. The third kappa shape index (κ3) is 2.86. The number of carboxylic acids is 1. The van der Waals surface area contributed by atoms with Crippen molar-refractivity contribution in [2.75, 3.05) is 7.11 Å². The number of carbonyl (C=O) groups is 1. The molecule has 0 aliphatic heterocycles. The van der Waals surface area contributed by atoms with Crippen molar-refractivity contribution < 1.29 is 23.4 Å². The molecular weight excluding hydrogens is 416 g/mol. The van der Waals surface area contributed by atoms with Crippen LogP contribution in [0.3, 0.4) is 0 Å². The molecule has 1 fully saturated rings. The van der Waals surface area contributed by atoms with E-state index in [0.717, 1.165) is 39.1 Å². The van der Waals surface area contributed by atoms with Gasteiger partial charge in [-0.1, -0.05) is 13.8 Å². The first-order valence-electron chi connectivity index (χ1n) is 10.5. The summed E-state index contributed by atoms with van der Waals surface area (Å²) >= 11 is 0. The van der Waals surface area contributed by atoms with E-state index in [1.165, 1.54) is 13.2 Å². The van der Waals surface area contributed by atoms with Crippen LogP contribution < -0.4 is 0 Å². The van der Waals surface area contributed by atoms with Crippen LogP contribution in [0.5, 0.6) is 0 Å². The fourth-order valence-electron chi connectivity index (χ4n) is 5.04. The summed E-state index contributed by atoms with van der Waals surface area (Å²) in [6, 6.07) is 7.86. The third-order valence-corrected chi connectivity index (χ3v) is 6.65. The van der Waals surface area contributed by atoms with Crippen LogP contribution in [0.15, 0.2) is 36.5 Å². The average Bonchev–Trinajstić information content (AvgIpc) is 3.30. The summed E-state index contributed by atoms with van der Waals surface area (Å²) in [5.74, 6) is -2.79. The van der Waals surface area contributed by atoms with Gasteiger partial charge in [0.2, 0.25) is 0 Å². The number of nitrogens with zero attached hydrogens (tertiary/aromatic N) is 2. The predicted molar refractivity (Wildman–Crippen MR) is 116 cm³/mol. The minimum Gasteiger partial charge on any atom is -0.479 e. The van der Waals surface area contributed by atoms with Crippen LogP contribution in [0, 0.1) is 11.6 Å². The van der Waals surface area contributed by atoms with E-state index in [0.29, 0.717) is 18.5 Å². The fraction of sp³-hybridized carbons (Fsp3) is 0.333. The van der Waals surface area contributed by atoms with Gasteiger partial charge in [0.05, 0.1) is 17.2 Å². The molecule has 0 radical (unpaired) electrons. The predicted octanol–water partition coefficient (Wildman–Crippen LogP) is 5.26. The van der Waals surface area contributed by atoms with Crippen molar-refractivity contribution in [2.24, 2.45) is 0 Å². The lowest BCUT2D eigenvalue weighted by atomic mass is 9.66. The zero-order chi connectivity index (χ0) is 22.8. The monoisotopic (exact) mass is 439 g/mol. The first-order chi connectivity index (χ1) is 15.3. The number of hydrogen-bond acceptors (Lipinski definition) is 3. The Hall–Kier alpha value is -3.26. The summed E-state index contributed by atoms with van der Waals surface area (Å²) in [5.41, 5.74) is 2.98. The second-order valence-corrected chi connectivity index (χ2v) is 8.82. The summed E-state index contributed by atoms with van der Waals surface area (Å²) in [6.45, 7) is 4.09. The summed E-state index contributed by atoms with van der Waals surface area (Å²) in [5, 5.41) is 18.6. The molecule has 5 rings (SSSR count). The summed E-state index contributed by atoms with van der Waals surface area (Å²) in [7, 11) is 1.42. The number of aromatic amines is 1. The maximum absolute atomic E-state index is 14.2. The van der Waals surface area contributed by atoms with Crippen molar-refractivity contribution in [3.05, 3.63) is 59.4 Å². The lowest BCUT2D eigenvalue weighted by molar-refractivity contribution is -0.175. The van der Waals surface area contributed by atoms with Gasteiger partial charge in [0.15, 0.2) is 17.2 Å². The largest absolute Gasteiger partial charge is 0.479 e. The molecule has 4 aromatic rings. The molecule has 166 valence electrons. The molecule has 8 heteroatoms. The van der Waals surface area contributed by atoms with Crippen LogP contribution in [0.2, 0.25) is 0 Å². The van der Waals surface area contributed by atoms with Crippen LogP contribution in [0.1, 0.15) is 49.8 Å². The summed E-state index contributed by atoms with van der Waals surface area (Å²) in [4.78, 5) is 11.8. The summed E-state index contributed by atoms with van der Waals surface area (Å²) < 4.78 is 35.2. The Balaban J connectivity index is 1.80. The number of aliphatic carboxylic acids is 1. The second kappa shape index (κ2) is 7.13. The van der Waals surface area contributed by atoms with Crippen molar-refractivity contribution in [1.82, 2.24) is 14.8 Å². The number of carboxylic acid groups (broad SMARTS) is 1. The van der Waals surface area contributed by atoms with Crippen LogP contribution in [0.25, 0.3) is 27.5 Å². The molecule has 32 heavy (non-hydrogen) atoms. The number of halogens is 2. The van der Waals surface area contributed by atoms with Gasteiger partial charge < -0.3 is 14.4 Å². The van der Waals surface area contributed by atoms with Gasteiger partial charge in [-0.3, -0.25) is 5.10 Å². The van der Waals surface area contributed by atoms with Crippen LogP contribution in [-0.4, -0.2) is 38.6 Å². The Morgan fingerprint density at radius 2 is 2.00 bits per heavy atom. The number of hydrogen-bond donors (Lipinski definition) is 2. The Kier molecular flexibility index (Phi) is 4.60. The zero-order valence-electron chi connectivity index (χ0n) is 17.9. The molecule has 0 atom stereocenters. The lowest BCUT2D eigenvalue weighted by Crippen LogP contribution is -2.51. The lowest BCUT2D eigenvalue weighted by Gasteiger charge is -2.43. The van der Waals surface area contributed by atoms with Crippen LogP contribution >= 0.6 is 0 Å². The molecule has 2 N–H and O–H groups in total. The number of ether oxygens (including phenoxy) is 1. The van der Waals surface area contributed by atoms with E-state index < -0.39 is 23.2 Å². The molecular formula is C24H23F2N3O3. The number of fused-ring (bicyclic) bond motifs is 2. The first-order valence-corrected chi connectivity index (χ1v) is 10.5. The molecule has 2 aromatic heterocycles. The van der Waals surface area contributed by atoms with Gasteiger partial charge in [-0.2, -0.15) is 5.10 Å². The molecule has 1 aliphatic rings. The average molecular weight is 439 g/mol. The fourth-order valence-corrected chi connectivity index (χ4v) is 5.04. The molecule has 1 aliphatic carbocycles. The number of aromatic nitrogens is 3. The Labute approximate surface area is 182 Å². The summed E-state index contributed by atoms with van der Waals surface area (Å²) in [6.07, 6.45) is 2.41. The maximum atomic E-state index is 14.2. The highest BCUT2D eigenvalue weighted by Crippen LogP contribution is 2.52. The zero-order valence-corrected chi connectivity index (χ0v) is 17.9. The normalized spacial score (nSPS) is 20.9. The Bertz CT molecular complexity index is 1370. The van der Waals surface area contributed by atoms with Gasteiger partial charge in [-0.05, 0) is 54.5 Å². The van der Waals surface area contributed by atoms with Gasteiger partial charge in [0, 0.05) is 35.3 Å². The van der Waals surface area contributed by atoms with Crippen molar-refractivity contribution >= 4 is 27.8 Å². The van der Waals surface area contributed by atoms with Crippen molar-refractivity contribution in [3.8, 4) is 5.69 Å². The standard InChI is InChI=1S/C24H23F2N3O3/c1-12(2)22-21(14-9-24(10-14,32-3)23(30)31)16-8-19-13(11-27-28-19)6-20(16)29(22)15-4-5-17(25)18(26)7-15/h4-8,11-12,14H,9-10H2,1-3H3,(H,27,28)(H,30,31)/t14-,24+. The molecule has 0 saturated heterocycles. The van der Waals surface area contributed by atoms with E-state index in [4.69, 9.17) is 4.74 Å². The van der Waals surface area contributed by atoms with E-state index in [1.807, 2.05) is 30.5 Å². The SMILES string of the molecule is CO[C@]1(C(=O)O)C[C@H](c2c(C(C)C)n(-c3ccc(F)c(F)c3)c3cc4cn[nH]c4cc32)C1. The number of methoxy groups -OCH3 is 1. The van der Waals surface area contributed by atoms with Gasteiger partial charge in [-0.15, -0.1) is 0 Å². The molecule has 6 nitrogen and oxygen atoms in total. The number of rotatable bonds is 5. The highest BCUT2D eigenvalue weighted by atomic mass is 19.2. The highest BCUT2D eigenvalue weighted by molar-refractivity contribution is 5.99. The first kappa shape index (κ1) is 20.6. The maximum Gasteiger partial charge on any atom is 0.335 e. The molecule has 0 bridgehead atoms. The van der Waals surface area contributed by atoms with E-state index in [1.54, 1.807) is 12.3 Å². The topological polar surface area (TPSA) is 80.1 Å². The molecule has 2 aromatic carbocycles.